The van der Waals surface area contributed by atoms with Crippen molar-refractivity contribution in [3.63, 3.8) is 0 Å². The number of rotatable bonds is 2. The third-order valence-corrected chi connectivity index (χ3v) is 9.61. The second kappa shape index (κ2) is 7.02. The molecule has 5 rings (SSSR count). The van der Waals surface area contributed by atoms with Crippen LogP contribution in [0.3, 0.4) is 0 Å². The summed E-state index contributed by atoms with van der Waals surface area (Å²) in [6, 6.07) is 12.2. The molecule has 0 aliphatic heterocycles. The molecular formula is C33H45N. The first-order valence-corrected chi connectivity index (χ1v) is 13.4. The molecule has 2 aromatic rings. The molecule has 182 valence electrons. The van der Waals surface area contributed by atoms with Gasteiger partial charge in [-0.15, -0.1) is 0 Å². The van der Waals surface area contributed by atoms with Crippen LogP contribution in [0.1, 0.15) is 128 Å². The summed E-state index contributed by atoms with van der Waals surface area (Å²) in [5, 5.41) is 3.88. The molecule has 0 amide bonds. The maximum atomic E-state index is 3.88. The molecule has 3 aliphatic carbocycles. The minimum atomic E-state index is 0.0276. The predicted molar refractivity (Wildman–Crippen MR) is 148 cm³/mol. The molecule has 0 atom stereocenters. The highest BCUT2D eigenvalue weighted by molar-refractivity contribution is 5.85. The number of hydrogen-bond donors (Lipinski definition) is 1. The second-order valence-electron chi connectivity index (χ2n) is 14.6. The number of allylic oxidation sites excluding steroid dienone is 1. The lowest BCUT2D eigenvalue weighted by Crippen LogP contribution is -2.34. The Morgan fingerprint density at radius 1 is 0.529 bits per heavy atom. The van der Waals surface area contributed by atoms with Crippen LogP contribution < -0.4 is 5.32 Å². The third kappa shape index (κ3) is 3.57. The highest BCUT2D eigenvalue weighted by atomic mass is 14.9. The zero-order valence-corrected chi connectivity index (χ0v) is 23.3. The smallest absolute Gasteiger partial charge is 0.0429 e. The van der Waals surface area contributed by atoms with Crippen molar-refractivity contribution in [2.75, 3.05) is 5.32 Å². The standard InChI is InChI=1S/C33H45N/c1-29(2)13-14-30(3,4)25-17-21(11-12-23(25)29)34-28-20-33(9,10)24-19-27-26(18-22(24)28)31(5,6)15-16-32(27,7)8/h11-12,17-20,34H,13-16H2,1-10H3. The molecule has 0 spiro atoms. The molecule has 0 heterocycles. The SMILES string of the molecule is CC1(C)C=C(Nc2ccc3c(c2)C(C)(C)CCC3(C)C)c2cc3c(cc21)C(C)(C)CCC3(C)C. The molecule has 0 bridgehead atoms. The van der Waals surface area contributed by atoms with Crippen molar-refractivity contribution in [3.05, 3.63) is 69.8 Å². The van der Waals surface area contributed by atoms with Crippen LogP contribution in [-0.2, 0) is 27.1 Å². The van der Waals surface area contributed by atoms with Crippen molar-refractivity contribution in [3.8, 4) is 0 Å². The quantitative estimate of drug-likeness (QED) is 0.476. The zero-order valence-electron chi connectivity index (χ0n) is 23.3. The summed E-state index contributed by atoms with van der Waals surface area (Å²) in [4.78, 5) is 0. The van der Waals surface area contributed by atoms with Crippen molar-refractivity contribution in [1.82, 2.24) is 0 Å². The minimum absolute atomic E-state index is 0.0276. The highest BCUT2D eigenvalue weighted by Gasteiger charge is 2.41. The molecule has 0 aromatic heterocycles. The highest BCUT2D eigenvalue weighted by Crippen LogP contribution is 2.51. The average Bonchev–Trinajstić information content (AvgIpc) is 2.98. The summed E-state index contributed by atoms with van der Waals surface area (Å²) in [6.07, 6.45) is 7.46. The van der Waals surface area contributed by atoms with Crippen molar-refractivity contribution < 1.29 is 0 Å². The first-order valence-electron chi connectivity index (χ1n) is 13.4. The molecule has 2 aromatic carbocycles. The largest absolute Gasteiger partial charge is 0.355 e. The number of anilines is 1. The van der Waals surface area contributed by atoms with E-state index in [0.29, 0.717) is 0 Å². The van der Waals surface area contributed by atoms with Gasteiger partial charge in [0.05, 0.1) is 0 Å². The fourth-order valence-electron chi connectivity index (χ4n) is 6.81. The third-order valence-electron chi connectivity index (χ3n) is 9.61. The molecule has 1 N–H and O–H groups in total. The van der Waals surface area contributed by atoms with Gasteiger partial charge in [0.2, 0.25) is 0 Å². The fraction of sp³-hybridized carbons (Fsp3) is 0.576. The van der Waals surface area contributed by atoms with Crippen LogP contribution in [0.4, 0.5) is 5.69 Å². The molecule has 1 heteroatoms. The molecule has 0 saturated heterocycles. The summed E-state index contributed by atoms with van der Waals surface area (Å²) >= 11 is 0. The maximum Gasteiger partial charge on any atom is 0.0429 e. The monoisotopic (exact) mass is 455 g/mol. The van der Waals surface area contributed by atoms with Gasteiger partial charge in [0.1, 0.15) is 0 Å². The molecule has 0 fully saturated rings. The van der Waals surface area contributed by atoms with Gasteiger partial charge in [-0.05, 0) is 93.4 Å². The van der Waals surface area contributed by atoms with Gasteiger partial charge >= 0.3 is 0 Å². The topological polar surface area (TPSA) is 12.0 Å². The Morgan fingerprint density at radius 3 is 1.56 bits per heavy atom. The molecule has 0 radical (unpaired) electrons. The molecular weight excluding hydrogens is 410 g/mol. The molecule has 0 unspecified atom stereocenters. The van der Waals surface area contributed by atoms with Crippen LogP contribution in [-0.4, -0.2) is 0 Å². The molecule has 0 saturated carbocycles. The van der Waals surface area contributed by atoms with Crippen LogP contribution in [0.15, 0.2) is 36.4 Å². The van der Waals surface area contributed by atoms with Crippen molar-refractivity contribution in [2.45, 2.75) is 122 Å². The van der Waals surface area contributed by atoms with Gasteiger partial charge in [-0.3, -0.25) is 0 Å². The Kier molecular flexibility index (Phi) is 4.90. The lowest BCUT2D eigenvalue weighted by atomic mass is 9.62. The van der Waals surface area contributed by atoms with Gasteiger partial charge in [0.25, 0.3) is 0 Å². The van der Waals surface area contributed by atoms with E-state index >= 15 is 0 Å². The van der Waals surface area contributed by atoms with Gasteiger partial charge in [-0.1, -0.05) is 87.4 Å². The van der Waals surface area contributed by atoms with Gasteiger partial charge in [0.15, 0.2) is 0 Å². The van der Waals surface area contributed by atoms with Crippen LogP contribution in [0, 0.1) is 0 Å². The molecule has 3 aliphatic rings. The Hall–Kier alpha value is -2.02. The van der Waals surface area contributed by atoms with E-state index in [1.54, 1.807) is 11.1 Å². The number of hydrogen-bond acceptors (Lipinski definition) is 1. The van der Waals surface area contributed by atoms with Gasteiger partial charge in [0, 0.05) is 22.4 Å². The maximum absolute atomic E-state index is 3.88. The van der Waals surface area contributed by atoms with Crippen LogP contribution in [0.5, 0.6) is 0 Å². The Balaban J connectivity index is 1.59. The summed E-state index contributed by atoms with van der Waals surface area (Å²) in [7, 11) is 0. The first-order chi connectivity index (χ1) is 15.5. The number of benzene rings is 2. The second-order valence-corrected chi connectivity index (χ2v) is 14.6. The van der Waals surface area contributed by atoms with Crippen LogP contribution >= 0.6 is 0 Å². The molecule has 34 heavy (non-hydrogen) atoms. The average molecular weight is 456 g/mol. The van der Waals surface area contributed by atoms with Crippen molar-refractivity contribution >= 4 is 11.4 Å². The van der Waals surface area contributed by atoms with E-state index in [-0.39, 0.29) is 27.1 Å². The van der Waals surface area contributed by atoms with E-state index in [4.69, 9.17) is 0 Å². The summed E-state index contributed by atoms with van der Waals surface area (Å²) in [5.41, 5.74) is 12.5. The van der Waals surface area contributed by atoms with Crippen LogP contribution in [0.2, 0.25) is 0 Å². The van der Waals surface area contributed by atoms with Gasteiger partial charge in [-0.2, -0.15) is 0 Å². The van der Waals surface area contributed by atoms with E-state index in [9.17, 15) is 0 Å². The minimum Gasteiger partial charge on any atom is -0.355 e. The lowest BCUT2D eigenvalue weighted by molar-refractivity contribution is 0.331. The lowest BCUT2D eigenvalue weighted by Gasteiger charge is -2.43. The fourth-order valence-corrected chi connectivity index (χ4v) is 6.81. The van der Waals surface area contributed by atoms with Crippen molar-refractivity contribution in [1.29, 1.82) is 0 Å². The Labute approximate surface area is 208 Å². The summed E-state index contributed by atoms with van der Waals surface area (Å²) in [6.45, 7) is 24.1. The number of fused-ring (bicyclic) bond motifs is 3. The summed E-state index contributed by atoms with van der Waals surface area (Å²) < 4.78 is 0. The molecule has 1 nitrogen and oxygen atoms in total. The van der Waals surface area contributed by atoms with E-state index in [2.05, 4.69) is 111 Å². The van der Waals surface area contributed by atoms with Gasteiger partial charge in [-0.25, -0.2) is 0 Å². The summed E-state index contributed by atoms with van der Waals surface area (Å²) in [5.74, 6) is 0. The van der Waals surface area contributed by atoms with E-state index in [1.807, 2.05) is 0 Å². The Morgan fingerprint density at radius 2 is 1.00 bits per heavy atom. The van der Waals surface area contributed by atoms with Crippen molar-refractivity contribution in [2.24, 2.45) is 0 Å². The first kappa shape index (κ1) is 23.7. The van der Waals surface area contributed by atoms with E-state index < -0.39 is 0 Å². The van der Waals surface area contributed by atoms with E-state index in [0.717, 1.165) is 0 Å². The Bertz CT molecular complexity index is 1200. The predicted octanol–water partition coefficient (Wildman–Crippen LogP) is 9.13. The zero-order chi connectivity index (χ0) is 24.9. The van der Waals surface area contributed by atoms with Gasteiger partial charge < -0.3 is 5.32 Å². The normalized spacial score (nSPS) is 24.5. The number of nitrogens with one attached hydrogen (secondary N) is 1. The van der Waals surface area contributed by atoms with E-state index in [1.165, 1.54) is 59.3 Å². The van der Waals surface area contributed by atoms with Crippen LogP contribution in [0.25, 0.3) is 5.70 Å².